The number of ether oxygens (including phenoxy) is 1. The molecule has 17 heavy (non-hydrogen) atoms. The number of carbonyl (C=O) groups is 1. The van der Waals surface area contributed by atoms with Crippen molar-refractivity contribution in [3.8, 4) is 0 Å². The maximum absolute atomic E-state index is 11.6. The third-order valence-electron chi connectivity index (χ3n) is 2.64. The summed E-state index contributed by atoms with van der Waals surface area (Å²) in [6.07, 6.45) is 1.64. The molecule has 1 atom stereocenters. The standard InChI is InChI=1S/C13H17NO2S/c15-13(12-7-4-9-16-12)14-8-10-17-11-5-2-1-3-6-11/h1-3,5-6,12H,4,7-10H2,(H,14,15)/t12-/m1/s1. The van der Waals surface area contributed by atoms with Crippen molar-refractivity contribution in [1.82, 2.24) is 5.32 Å². The third-order valence-corrected chi connectivity index (χ3v) is 3.65. The van der Waals surface area contributed by atoms with E-state index in [1.165, 1.54) is 4.90 Å². The van der Waals surface area contributed by atoms with E-state index in [1.807, 2.05) is 18.2 Å². The van der Waals surface area contributed by atoms with Gasteiger partial charge in [-0.25, -0.2) is 0 Å². The van der Waals surface area contributed by atoms with Gasteiger partial charge in [-0.2, -0.15) is 0 Å². The second-order valence-corrected chi connectivity index (χ2v) is 5.12. The van der Waals surface area contributed by atoms with Crippen LogP contribution < -0.4 is 5.32 Å². The van der Waals surface area contributed by atoms with Crippen LogP contribution in [0.5, 0.6) is 0 Å². The van der Waals surface area contributed by atoms with Gasteiger partial charge in [0.25, 0.3) is 0 Å². The van der Waals surface area contributed by atoms with Crippen molar-refractivity contribution < 1.29 is 9.53 Å². The van der Waals surface area contributed by atoms with E-state index in [4.69, 9.17) is 4.74 Å². The average Bonchev–Trinajstić information content (AvgIpc) is 2.89. The number of carbonyl (C=O) groups excluding carboxylic acids is 1. The fourth-order valence-electron chi connectivity index (χ4n) is 1.76. The van der Waals surface area contributed by atoms with Crippen LogP contribution in [0.3, 0.4) is 0 Å². The van der Waals surface area contributed by atoms with Gasteiger partial charge in [0.15, 0.2) is 0 Å². The summed E-state index contributed by atoms with van der Waals surface area (Å²) in [4.78, 5) is 12.8. The normalized spacial score (nSPS) is 19.2. The lowest BCUT2D eigenvalue weighted by Gasteiger charge is -2.09. The van der Waals surface area contributed by atoms with E-state index in [1.54, 1.807) is 11.8 Å². The van der Waals surface area contributed by atoms with Crippen molar-refractivity contribution in [2.75, 3.05) is 18.9 Å². The van der Waals surface area contributed by atoms with Crippen molar-refractivity contribution >= 4 is 17.7 Å². The van der Waals surface area contributed by atoms with E-state index in [9.17, 15) is 4.79 Å². The van der Waals surface area contributed by atoms with Gasteiger partial charge >= 0.3 is 0 Å². The van der Waals surface area contributed by atoms with E-state index in [2.05, 4.69) is 17.4 Å². The first-order valence-corrected chi connectivity index (χ1v) is 6.92. The minimum Gasteiger partial charge on any atom is -0.368 e. The Kier molecular flexibility index (Phi) is 4.88. The Balaban J connectivity index is 1.61. The summed E-state index contributed by atoms with van der Waals surface area (Å²) in [6.45, 7) is 1.41. The SMILES string of the molecule is O=C(NCCSc1ccccc1)[C@H]1CCCO1. The monoisotopic (exact) mass is 251 g/mol. The first kappa shape index (κ1) is 12.5. The van der Waals surface area contributed by atoms with Gasteiger partial charge in [-0.05, 0) is 25.0 Å². The van der Waals surface area contributed by atoms with E-state index in [0.717, 1.165) is 25.2 Å². The van der Waals surface area contributed by atoms with Crippen LogP contribution in [0.15, 0.2) is 35.2 Å². The van der Waals surface area contributed by atoms with E-state index >= 15 is 0 Å². The first-order chi connectivity index (χ1) is 8.36. The van der Waals surface area contributed by atoms with Crippen LogP contribution >= 0.6 is 11.8 Å². The summed E-state index contributed by atoms with van der Waals surface area (Å²) < 4.78 is 5.31. The molecule has 1 heterocycles. The van der Waals surface area contributed by atoms with Crippen LogP contribution in [-0.4, -0.2) is 30.9 Å². The summed E-state index contributed by atoms with van der Waals surface area (Å²) in [6, 6.07) is 10.2. The molecular formula is C13H17NO2S. The molecular weight excluding hydrogens is 234 g/mol. The lowest BCUT2D eigenvalue weighted by atomic mass is 10.2. The zero-order valence-electron chi connectivity index (χ0n) is 9.72. The van der Waals surface area contributed by atoms with Crippen molar-refractivity contribution in [3.05, 3.63) is 30.3 Å². The molecule has 1 fully saturated rings. The smallest absolute Gasteiger partial charge is 0.249 e. The molecule has 0 aromatic heterocycles. The minimum atomic E-state index is -0.211. The van der Waals surface area contributed by atoms with E-state index in [-0.39, 0.29) is 12.0 Å². The van der Waals surface area contributed by atoms with Gasteiger partial charge < -0.3 is 10.1 Å². The zero-order valence-corrected chi connectivity index (χ0v) is 10.5. The number of hydrogen-bond donors (Lipinski definition) is 1. The fraction of sp³-hybridized carbons (Fsp3) is 0.462. The highest BCUT2D eigenvalue weighted by atomic mass is 32.2. The van der Waals surface area contributed by atoms with Gasteiger partial charge in [0.2, 0.25) is 5.91 Å². The fourth-order valence-corrected chi connectivity index (χ4v) is 2.55. The largest absolute Gasteiger partial charge is 0.368 e. The second kappa shape index (κ2) is 6.67. The molecule has 4 heteroatoms. The van der Waals surface area contributed by atoms with Crippen molar-refractivity contribution in [3.63, 3.8) is 0 Å². The molecule has 0 spiro atoms. The molecule has 0 saturated carbocycles. The zero-order chi connectivity index (χ0) is 11.9. The lowest BCUT2D eigenvalue weighted by molar-refractivity contribution is -0.129. The number of nitrogens with one attached hydrogen (secondary N) is 1. The highest BCUT2D eigenvalue weighted by Crippen LogP contribution is 2.16. The Labute approximate surface area is 106 Å². The summed E-state index contributed by atoms with van der Waals surface area (Å²) in [5, 5.41) is 2.91. The number of rotatable bonds is 5. The van der Waals surface area contributed by atoms with Gasteiger partial charge in [-0.15, -0.1) is 11.8 Å². The lowest BCUT2D eigenvalue weighted by Crippen LogP contribution is -2.35. The molecule has 1 saturated heterocycles. The molecule has 1 aromatic rings. The second-order valence-electron chi connectivity index (χ2n) is 3.95. The topological polar surface area (TPSA) is 38.3 Å². The maximum atomic E-state index is 11.6. The Hall–Kier alpha value is -1.00. The third kappa shape index (κ3) is 4.06. The molecule has 1 amide bonds. The Morgan fingerprint density at radius 1 is 1.41 bits per heavy atom. The van der Waals surface area contributed by atoms with Crippen LogP contribution in [0.1, 0.15) is 12.8 Å². The first-order valence-electron chi connectivity index (χ1n) is 5.93. The molecule has 1 N–H and O–H groups in total. The molecule has 1 aliphatic rings. The molecule has 3 nitrogen and oxygen atoms in total. The van der Waals surface area contributed by atoms with Crippen molar-refractivity contribution in [2.24, 2.45) is 0 Å². The minimum absolute atomic E-state index is 0.0381. The molecule has 1 aliphatic heterocycles. The molecule has 0 unspecified atom stereocenters. The molecule has 0 radical (unpaired) electrons. The van der Waals surface area contributed by atoms with Gasteiger partial charge in [-0.3, -0.25) is 4.79 Å². The highest BCUT2D eigenvalue weighted by Gasteiger charge is 2.22. The number of thioether (sulfide) groups is 1. The summed E-state index contributed by atoms with van der Waals surface area (Å²) >= 11 is 1.75. The molecule has 1 aromatic carbocycles. The Morgan fingerprint density at radius 2 is 2.24 bits per heavy atom. The quantitative estimate of drug-likeness (QED) is 0.643. The molecule has 92 valence electrons. The summed E-state index contributed by atoms with van der Waals surface area (Å²) in [7, 11) is 0. The van der Waals surface area contributed by atoms with E-state index < -0.39 is 0 Å². The van der Waals surface area contributed by atoms with Crippen molar-refractivity contribution in [1.29, 1.82) is 0 Å². The van der Waals surface area contributed by atoms with Gasteiger partial charge in [0, 0.05) is 23.8 Å². The van der Waals surface area contributed by atoms with Gasteiger partial charge in [0.05, 0.1) is 0 Å². The number of hydrogen-bond acceptors (Lipinski definition) is 3. The predicted octanol–water partition coefficient (Wildman–Crippen LogP) is 2.07. The maximum Gasteiger partial charge on any atom is 0.249 e. The van der Waals surface area contributed by atoms with Crippen LogP contribution in [0, 0.1) is 0 Å². The van der Waals surface area contributed by atoms with Gasteiger partial charge in [-0.1, -0.05) is 18.2 Å². The van der Waals surface area contributed by atoms with Crippen LogP contribution in [0.4, 0.5) is 0 Å². The van der Waals surface area contributed by atoms with Crippen LogP contribution in [-0.2, 0) is 9.53 Å². The van der Waals surface area contributed by atoms with E-state index in [0.29, 0.717) is 6.54 Å². The van der Waals surface area contributed by atoms with Gasteiger partial charge in [0.1, 0.15) is 6.10 Å². The Bertz CT molecular complexity index is 350. The number of amides is 1. The van der Waals surface area contributed by atoms with Crippen LogP contribution in [0.2, 0.25) is 0 Å². The van der Waals surface area contributed by atoms with Crippen LogP contribution in [0.25, 0.3) is 0 Å². The summed E-state index contributed by atoms with van der Waals surface area (Å²) in [5.41, 5.74) is 0. The predicted molar refractivity (Wildman–Crippen MR) is 69.1 cm³/mol. The Morgan fingerprint density at radius 3 is 2.94 bits per heavy atom. The molecule has 0 aliphatic carbocycles. The highest BCUT2D eigenvalue weighted by molar-refractivity contribution is 7.99. The number of benzene rings is 1. The van der Waals surface area contributed by atoms with Crippen molar-refractivity contribution in [2.45, 2.75) is 23.8 Å². The molecule has 2 rings (SSSR count). The summed E-state index contributed by atoms with van der Waals surface area (Å²) in [5.74, 6) is 0.929. The molecule has 0 bridgehead atoms. The average molecular weight is 251 g/mol.